The molecule has 0 amide bonds. The largest absolute Gasteiger partial charge is 0.508 e. The van der Waals surface area contributed by atoms with E-state index < -0.39 is 5.97 Å². The third kappa shape index (κ3) is 11.9. The van der Waals surface area contributed by atoms with Crippen molar-refractivity contribution in [3.63, 3.8) is 0 Å². The molecule has 0 radical (unpaired) electrons. The lowest BCUT2D eigenvalue weighted by molar-refractivity contribution is -0.140. The molecule has 6 heteroatoms. The number of phenols is 1. The SMILES string of the molecule is CC.CC(C)CC(C)C.O=C(Oc1ccc(OC(=O)C2CCC(O)CC2)cc1)c1ccc(O)cc1. The van der Waals surface area contributed by atoms with E-state index in [0.717, 1.165) is 11.8 Å². The summed E-state index contributed by atoms with van der Waals surface area (Å²) in [7, 11) is 0. The van der Waals surface area contributed by atoms with E-state index in [9.17, 15) is 19.8 Å². The van der Waals surface area contributed by atoms with Crippen LogP contribution in [0.2, 0.25) is 0 Å². The van der Waals surface area contributed by atoms with Gasteiger partial charge in [-0.25, -0.2) is 4.79 Å². The molecule has 1 saturated carbocycles. The molecule has 0 spiro atoms. The van der Waals surface area contributed by atoms with Crippen LogP contribution in [0.5, 0.6) is 17.2 Å². The summed E-state index contributed by atoms with van der Waals surface area (Å²) in [5.74, 6) is 1.49. The van der Waals surface area contributed by atoms with Crippen molar-refractivity contribution in [3.8, 4) is 17.2 Å². The minimum atomic E-state index is -0.546. The number of carbonyl (C=O) groups excluding carboxylic acids is 2. The Morgan fingerprint density at radius 2 is 1.26 bits per heavy atom. The normalized spacial score (nSPS) is 16.9. The highest BCUT2D eigenvalue weighted by Gasteiger charge is 2.26. The molecule has 194 valence electrons. The zero-order valence-electron chi connectivity index (χ0n) is 22.0. The van der Waals surface area contributed by atoms with Crippen molar-refractivity contribution >= 4 is 11.9 Å². The molecule has 2 N–H and O–H groups in total. The van der Waals surface area contributed by atoms with Crippen molar-refractivity contribution < 1.29 is 29.3 Å². The van der Waals surface area contributed by atoms with E-state index >= 15 is 0 Å². The second-order valence-corrected chi connectivity index (χ2v) is 9.36. The quantitative estimate of drug-likeness (QED) is 0.345. The molecule has 2 aromatic rings. The summed E-state index contributed by atoms with van der Waals surface area (Å²) in [5.41, 5.74) is 0.317. The summed E-state index contributed by atoms with van der Waals surface area (Å²) in [6.07, 6.45) is 3.53. The van der Waals surface area contributed by atoms with Gasteiger partial charge >= 0.3 is 11.9 Å². The van der Waals surface area contributed by atoms with Crippen molar-refractivity contribution in [2.45, 2.75) is 79.8 Å². The van der Waals surface area contributed by atoms with Gasteiger partial charge in [-0.15, -0.1) is 0 Å². The lowest BCUT2D eigenvalue weighted by atomic mass is 9.87. The maximum Gasteiger partial charge on any atom is 0.343 e. The fraction of sp³-hybridized carbons (Fsp3) is 0.517. The molecule has 0 aromatic heterocycles. The summed E-state index contributed by atoms with van der Waals surface area (Å²) < 4.78 is 10.6. The fourth-order valence-electron chi connectivity index (χ4n) is 3.79. The zero-order valence-corrected chi connectivity index (χ0v) is 22.0. The molecule has 0 atom stereocenters. The lowest BCUT2D eigenvalue weighted by Gasteiger charge is -2.23. The van der Waals surface area contributed by atoms with E-state index in [-0.39, 0.29) is 23.7 Å². The van der Waals surface area contributed by atoms with Gasteiger partial charge in [0.05, 0.1) is 17.6 Å². The molecule has 0 saturated heterocycles. The number of ether oxygens (including phenoxy) is 2. The van der Waals surface area contributed by atoms with Crippen molar-refractivity contribution in [1.82, 2.24) is 0 Å². The number of aliphatic hydroxyl groups excluding tert-OH is 1. The third-order valence-corrected chi connectivity index (χ3v) is 5.33. The van der Waals surface area contributed by atoms with Crippen LogP contribution in [0.1, 0.15) is 84.0 Å². The predicted octanol–water partition coefficient (Wildman–Crippen LogP) is 6.78. The first-order valence-corrected chi connectivity index (χ1v) is 12.6. The topological polar surface area (TPSA) is 93.1 Å². The predicted molar refractivity (Wildman–Crippen MR) is 139 cm³/mol. The number of hydrogen-bond donors (Lipinski definition) is 2. The fourth-order valence-corrected chi connectivity index (χ4v) is 3.79. The van der Waals surface area contributed by atoms with Gasteiger partial charge in [-0.2, -0.15) is 0 Å². The highest BCUT2D eigenvalue weighted by molar-refractivity contribution is 5.91. The maximum absolute atomic E-state index is 12.1. The third-order valence-electron chi connectivity index (χ3n) is 5.33. The van der Waals surface area contributed by atoms with Crippen LogP contribution < -0.4 is 9.47 Å². The molecule has 0 unspecified atom stereocenters. The van der Waals surface area contributed by atoms with Crippen LogP contribution in [-0.2, 0) is 4.79 Å². The average Bonchev–Trinajstić information content (AvgIpc) is 2.82. The van der Waals surface area contributed by atoms with Gasteiger partial charge in [0.2, 0.25) is 0 Å². The Bertz CT molecular complexity index is 857. The molecular formula is C29H42O6. The number of hydrogen-bond acceptors (Lipinski definition) is 6. The van der Waals surface area contributed by atoms with Gasteiger partial charge in [0, 0.05) is 0 Å². The Labute approximate surface area is 210 Å². The Balaban J connectivity index is 0.000000587. The van der Waals surface area contributed by atoms with Gasteiger partial charge in [-0.1, -0.05) is 41.5 Å². The number of phenolic OH excluding ortho intramolecular Hbond substituents is 1. The van der Waals surface area contributed by atoms with Gasteiger partial charge in [0.15, 0.2) is 0 Å². The van der Waals surface area contributed by atoms with Gasteiger partial charge in [0.25, 0.3) is 0 Å². The molecule has 2 aromatic carbocycles. The number of benzene rings is 2. The summed E-state index contributed by atoms with van der Waals surface area (Å²) in [5, 5.41) is 18.7. The number of aromatic hydroxyl groups is 1. The van der Waals surface area contributed by atoms with Gasteiger partial charge in [-0.05, 0) is 92.5 Å². The van der Waals surface area contributed by atoms with Crippen LogP contribution in [0.15, 0.2) is 48.5 Å². The minimum Gasteiger partial charge on any atom is -0.508 e. The monoisotopic (exact) mass is 486 g/mol. The van der Waals surface area contributed by atoms with E-state index in [1.165, 1.54) is 30.7 Å². The number of aliphatic hydroxyl groups is 1. The lowest BCUT2D eigenvalue weighted by Crippen LogP contribution is -2.27. The van der Waals surface area contributed by atoms with E-state index in [1.54, 1.807) is 24.3 Å². The van der Waals surface area contributed by atoms with Crippen LogP contribution in [0.4, 0.5) is 0 Å². The average molecular weight is 487 g/mol. The molecule has 6 nitrogen and oxygen atoms in total. The summed E-state index contributed by atoms with van der Waals surface area (Å²) in [6.45, 7) is 13.1. The highest BCUT2D eigenvalue weighted by atomic mass is 16.5. The molecule has 1 fully saturated rings. The van der Waals surface area contributed by atoms with E-state index in [2.05, 4.69) is 27.7 Å². The molecule has 3 rings (SSSR count). The van der Waals surface area contributed by atoms with Crippen LogP contribution in [0.3, 0.4) is 0 Å². The van der Waals surface area contributed by atoms with E-state index in [0.29, 0.717) is 42.7 Å². The van der Waals surface area contributed by atoms with Crippen molar-refractivity contribution in [2.24, 2.45) is 17.8 Å². The first-order valence-electron chi connectivity index (χ1n) is 12.6. The van der Waals surface area contributed by atoms with Crippen LogP contribution >= 0.6 is 0 Å². The Morgan fingerprint density at radius 3 is 1.69 bits per heavy atom. The van der Waals surface area contributed by atoms with Crippen LogP contribution in [0.25, 0.3) is 0 Å². The van der Waals surface area contributed by atoms with Gasteiger partial charge in [-0.3, -0.25) is 4.79 Å². The number of rotatable bonds is 6. The Kier molecular flexibility index (Phi) is 13.7. The Hall–Kier alpha value is -2.86. The zero-order chi connectivity index (χ0) is 26.4. The summed E-state index contributed by atoms with van der Waals surface area (Å²) >= 11 is 0. The van der Waals surface area contributed by atoms with Crippen LogP contribution in [-0.4, -0.2) is 28.3 Å². The van der Waals surface area contributed by atoms with Crippen molar-refractivity contribution in [3.05, 3.63) is 54.1 Å². The maximum atomic E-state index is 12.1. The molecule has 0 heterocycles. The van der Waals surface area contributed by atoms with E-state index in [1.807, 2.05) is 13.8 Å². The smallest absolute Gasteiger partial charge is 0.343 e. The molecule has 0 aliphatic heterocycles. The summed E-state index contributed by atoms with van der Waals surface area (Å²) in [4.78, 5) is 24.2. The second kappa shape index (κ2) is 15.9. The molecular weight excluding hydrogens is 444 g/mol. The van der Waals surface area contributed by atoms with Gasteiger partial charge in [0.1, 0.15) is 17.2 Å². The van der Waals surface area contributed by atoms with Crippen LogP contribution in [0, 0.1) is 17.8 Å². The van der Waals surface area contributed by atoms with Crippen molar-refractivity contribution in [1.29, 1.82) is 0 Å². The van der Waals surface area contributed by atoms with E-state index in [4.69, 9.17) is 9.47 Å². The summed E-state index contributed by atoms with van der Waals surface area (Å²) in [6, 6.07) is 12.0. The molecule has 1 aliphatic rings. The second-order valence-electron chi connectivity index (χ2n) is 9.36. The highest BCUT2D eigenvalue weighted by Crippen LogP contribution is 2.27. The minimum absolute atomic E-state index is 0.0696. The Morgan fingerprint density at radius 1 is 0.800 bits per heavy atom. The molecule has 35 heavy (non-hydrogen) atoms. The van der Waals surface area contributed by atoms with Crippen molar-refractivity contribution in [2.75, 3.05) is 0 Å². The number of carbonyl (C=O) groups is 2. The number of esters is 2. The standard InChI is InChI=1S/C20H20O6.C7H16.C2H6/c21-15-5-1-13(2-6-15)19(23)25-17-9-11-18(12-10-17)26-20(24)14-3-7-16(22)8-4-14;1-6(2)5-7(3)4;1-2/h1-2,5-6,9-12,14,16,21-22H,3-4,7-8H2;6-7H,5H2,1-4H3;1-2H3. The molecule has 1 aliphatic carbocycles. The molecule has 0 bridgehead atoms. The first-order chi connectivity index (χ1) is 16.6. The first kappa shape index (κ1) is 30.2. The van der Waals surface area contributed by atoms with Gasteiger partial charge < -0.3 is 19.7 Å².